The fourth-order valence-electron chi connectivity index (χ4n) is 1.92. The molecular formula is C12H14Cl3NO. The van der Waals surface area contributed by atoms with Crippen LogP contribution in [0, 0.1) is 0 Å². The predicted octanol–water partition coefficient (Wildman–Crippen LogP) is 3.43. The first-order valence-electron chi connectivity index (χ1n) is 5.53. The van der Waals surface area contributed by atoms with Gasteiger partial charge in [-0.2, -0.15) is 0 Å². The third-order valence-corrected chi connectivity index (χ3v) is 3.89. The van der Waals surface area contributed by atoms with Crippen molar-refractivity contribution in [1.29, 1.82) is 0 Å². The first-order chi connectivity index (χ1) is 8.20. The minimum absolute atomic E-state index is 0.103. The van der Waals surface area contributed by atoms with E-state index in [2.05, 4.69) is 4.90 Å². The van der Waals surface area contributed by atoms with Crippen molar-refractivity contribution in [3.8, 4) is 0 Å². The van der Waals surface area contributed by atoms with E-state index >= 15 is 0 Å². The van der Waals surface area contributed by atoms with Crippen LogP contribution in [0.3, 0.4) is 0 Å². The molecule has 0 N–H and O–H groups in total. The van der Waals surface area contributed by atoms with Crippen molar-refractivity contribution in [1.82, 2.24) is 4.90 Å². The lowest BCUT2D eigenvalue weighted by Crippen LogP contribution is -2.42. The van der Waals surface area contributed by atoms with Gasteiger partial charge in [0.05, 0.1) is 12.7 Å². The van der Waals surface area contributed by atoms with Crippen molar-refractivity contribution in [2.24, 2.45) is 0 Å². The first kappa shape index (κ1) is 13.4. The molecular weight excluding hydrogens is 280 g/mol. The van der Waals surface area contributed by atoms with E-state index in [9.17, 15) is 0 Å². The van der Waals surface area contributed by atoms with E-state index in [1.807, 2.05) is 18.2 Å². The number of ether oxygens (including phenoxy) is 1. The number of hydrogen-bond acceptors (Lipinski definition) is 2. The Morgan fingerprint density at radius 1 is 1.29 bits per heavy atom. The molecule has 0 radical (unpaired) electrons. The highest BCUT2D eigenvalue weighted by molar-refractivity contribution is 6.35. The number of benzene rings is 1. The van der Waals surface area contributed by atoms with Crippen molar-refractivity contribution < 1.29 is 4.74 Å². The topological polar surface area (TPSA) is 12.5 Å². The van der Waals surface area contributed by atoms with Gasteiger partial charge in [-0.3, -0.25) is 4.90 Å². The van der Waals surface area contributed by atoms with Crippen molar-refractivity contribution in [2.45, 2.75) is 12.6 Å². The molecule has 1 aliphatic heterocycles. The largest absolute Gasteiger partial charge is 0.374 e. The third-order valence-electron chi connectivity index (χ3n) is 2.84. The number of morpholine rings is 1. The second-order valence-electron chi connectivity index (χ2n) is 4.08. The van der Waals surface area contributed by atoms with Gasteiger partial charge in [-0.1, -0.05) is 29.3 Å². The SMILES string of the molecule is ClC[C@H]1CN(Cc2c(Cl)cccc2Cl)CCO1. The molecule has 17 heavy (non-hydrogen) atoms. The highest BCUT2D eigenvalue weighted by atomic mass is 35.5. The molecule has 0 aromatic heterocycles. The number of rotatable bonds is 3. The fourth-order valence-corrected chi connectivity index (χ4v) is 2.63. The molecule has 1 saturated heterocycles. The van der Waals surface area contributed by atoms with Crippen molar-refractivity contribution >= 4 is 34.8 Å². The average molecular weight is 295 g/mol. The minimum Gasteiger partial charge on any atom is -0.374 e. The van der Waals surface area contributed by atoms with Gasteiger partial charge in [0.1, 0.15) is 0 Å². The van der Waals surface area contributed by atoms with E-state index in [4.69, 9.17) is 39.5 Å². The summed E-state index contributed by atoms with van der Waals surface area (Å²) >= 11 is 18.1. The minimum atomic E-state index is 0.103. The number of halogens is 3. The van der Waals surface area contributed by atoms with Gasteiger partial charge in [0.15, 0.2) is 0 Å². The van der Waals surface area contributed by atoms with Gasteiger partial charge >= 0.3 is 0 Å². The number of hydrogen-bond donors (Lipinski definition) is 0. The van der Waals surface area contributed by atoms with Crippen molar-refractivity contribution in [3.63, 3.8) is 0 Å². The summed E-state index contributed by atoms with van der Waals surface area (Å²) in [4.78, 5) is 2.27. The number of nitrogens with zero attached hydrogens (tertiary/aromatic N) is 1. The monoisotopic (exact) mass is 293 g/mol. The molecule has 1 heterocycles. The smallest absolute Gasteiger partial charge is 0.0837 e. The van der Waals surface area contributed by atoms with Gasteiger partial charge in [0.25, 0.3) is 0 Å². The summed E-state index contributed by atoms with van der Waals surface area (Å²) in [5, 5.41) is 1.43. The molecule has 0 saturated carbocycles. The summed E-state index contributed by atoms with van der Waals surface area (Å²) in [5.41, 5.74) is 0.978. The second kappa shape index (κ2) is 6.26. The molecule has 1 aromatic rings. The molecule has 1 fully saturated rings. The van der Waals surface area contributed by atoms with Crippen LogP contribution in [-0.4, -0.2) is 36.6 Å². The Balaban J connectivity index is 2.05. The summed E-state index contributed by atoms with van der Waals surface area (Å²) in [6.07, 6.45) is 0.103. The lowest BCUT2D eigenvalue weighted by atomic mass is 10.2. The molecule has 0 unspecified atom stereocenters. The van der Waals surface area contributed by atoms with Crippen LogP contribution in [0.2, 0.25) is 10.0 Å². The Kier molecular flexibility index (Phi) is 4.95. The molecule has 0 aliphatic carbocycles. The molecule has 0 amide bonds. The summed E-state index contributed by atoms with van der Waals surface area (Å²) in [7, 11) is 0. The Morgan fingerprint density at radius 3 is 2.65 bits per heavy atom. The summed E-state index contributed by atoms with van der Waals surface area (Å²) in [6, 6.07) is 5.58. The van der Waals surface area contributed by atoms with E-state index in [-0.39, 0.29) is 6.10 Å². The molecule has 2 rings (SSSR count). The van der Waals surface area contributed by atoms with Crippen molar-refractivity contribution in [2.75, 3.05) is 25.6 Å². The van der Waals surface area contributed by atoms with E-state index in [0.29, 0.717) is 22.5 Å². The maximum Gasteiger partial charge on any atom is 0.0837 e. The zero-order valence-electron chi connectivity index (χ0n) is 9.33. The summed E-state index contributed by atoms with van der Waals surface area (Å²) in [5.74, 6) is 0.521. The predicted molar refractivity (Wildman–Crippen MR) is 72.2 cm³/mol. The lowest BCUT2D eigenvalue weighted by molar-refractivity contribution is -0.0193. The summed E-state index contributed by atoms with van der Waals surface area (Å²) < 4.78 is 5.52. The van der Waals surface area contributed by atoms with E-state index < -0.39 is 0 Å². The normalized spacial score (nSPS) is 21.7. The Labute approximate surface area is 116 Å². The Morgan fingerprint density at radius 2 is 2.00 bits per heavy atom. The Hall–Kier alpha value is 0.01000. The van der Waals surface area contributed by atoms with Crippen LogP contribution < -0.4 is 0 Å². The molecule has 94 valence electrons. The van der Waals surface area contributed by atoms with Gasteiger partial charge in [-0.05, 0) is 12.1 Å². The highest BCUT2D eigenvalue weighted by Gasteiger charge is 2.21. The quantitative estimate of drug-likeness (QED) is 0.792. The number of alkyl halides is 1. The van der Waals surface area contributed by atoms with Gasteiger partial charge in [-0.25, -0.2) is 0 Å². The first-order valence-corrected chi connectivity index (χ1v) is 6.82. The zero-order chi connectivity index (χ0) is 12.3. The van der Waals surface area contributed by atoms with Gasteiger partial charge in [0.2, 0.25) is 0 Å². The van der Waals surface area contributed by atoms with E-state index in [0.717, 1.165) is 25.2 Å². The van der Waals surface area contributed by atoms with Crippen molar-refractivity contribution in [3.05, 3.63) is 33.8 Å². The fraction of sp³-hybridized carbons (Fsp3) is 0.500. The zero-order valence-corrected chi connectivity index (χ0v) is 11.6. The van der Waals surface area contributed by atoms with Crippen LogP contribution in [-0.2, 0) is 11.3 Å². The standard InChI is InChI=1S/C12H14Cl3NO/c13-6-9-7-16(4-5-17-9)8-10-11(14)2-1-3-12(10)15/h1-3,9H,4-8H2/t9-/m0/s1. The highest BCUT2D eigenvalue weighted by Crippen LogP contribution is 2.26. The molecule has 1 atom stereocenters. The molecule has 1 aliphatic rings. The lowest BCUT2D eigenvalue weighted by Gasteiger charge is -2.32. The van der Waals surface area contributed by atoms with Crippen LogP contribution in [0.1, 0.15) is 5.56 Å². The van der Waals surface area contributed by atoms with Crippen LogP contribution in [0.5, 0.6) is 0 Å². The average Bonchev–Trinajstić information content (AvgIpc) is 2.34. The van der Waals surface area contributed by atoms with E-state index in [1.54, 1.807) is 0 Å². The van der Waals surface area contributed by atoms with Crippen LogP contribution in [0.15, 0.2) is 18.2 Å². The van der Waals surface area contributed by atoms with Crippen LogP contribution in [0.4, 0.5) is 0 Å². The van der Waals surface area contributed by atoms with Gasteiger partial charge < -0.3 is 4.74 Å². The molecule has 2 nitrogen and oxygen atoms in total. The molecule has 0 bridgehead atoms. The van der Waals surface area contributed by atoms with Gasteiger partial charge in [-0.15, -0.1) is 11.6 Å². The van der Waals surface area contributed by atoms with E-state index in [1.165, 1.54) is 0 Å². The Bertz CT molecular complexity index is 366. The summed E-state index contributed by atoms with van der Waals surface area (Å²) in [6.45, 7) is 3.16. The second-order valence-corrected chi connectivity index (χ2v) is 5.21. The maximum atomic E-state index is 6.15. The molecule has 0 spiro atoms. The van der Waals surface area contributed by atoms with Gasteiger partial charge in [0, 0.05) is 41.1 Å². The molecule has 5 heteroatoms. The molecule has 1 aromatic carbocycles. The van der Waals surface area contributed by atoms with Crippen LogP contribution >= 0.6 is 34.8 Å². The van der Waals surface area contributed by atoms with Crippen LogP contribution in [0.25, 0.3) is 0 Å². The third kappa shape index (κ3) is 3.49. The maximum absolute atomic E-state index is 6.15.